The zero-order chi connectivity index (χ0) is 12.3. The first kappa shape index (κ1) is 12.9. The fourth-order valence-corrected chi connectivity index (χ4v) is 3.89. The van der Waals surface area contributed by atoms with Crippen LogP contribution in [0.1, 0.15) is 18.4 Å². The average Bonchev–Trinajstić information content (AvgIpc) is 3.14. The lowest BCUT2D eigenvalue weighted by molar-refractivity contribution is 0.424. The number of halogens is 1. The second kappa shape index (κ2) is 5.38. The summed E-state index contributed by atoms with van der Waals surface area (Å²) in [7, 11) is -3.14. The van der Waals surface area contributed by atoms with Crippen molar-refractivity contribution in [3.63, 3.8) is 0 Å². The lowest BCUT2D eigenvalue weighted by Gasteiger charge is -2.21. The van der Waals surface area contributed by atoms with Gasteiger partial charge >= 0.3 is 0 Å². The summed E-state index contributed by atoms with van der Waals surface area (Å²) in [6.45, 7) is 0.807. The van der Waals surface area contributed by atoms with E-state index in [1.807, 2.05) is 30.3 Å². The summed E-state index contributed by atoms with van der Waals surface area (Å²) in [5.74, 6) is 0.332. The highest BCUT2D eigenvalue weighted by atomic mass is 35.5. The predicted octanol–water partition coefficient (Wildman–Crippen LogP) is 2.22. The van der Waals surface area contributed by atoms with Crippen LogP contribution in [0.3, 0.4) is 0 Å². The van der Waals surface area contributed by atoms with Crippen molar-refractivity contribution < 1.29 is 8.42 Å². The van der Waals surface area contributed by atoms with Gasteiger partial charge in [0.2, 0.25) is 10.0 Å². The van der Waals surface area contributed by atoms with Gasteiger partial charge in [0, 0.05) is 19.0 Å². The van der Waals surface area contributed by atoms with Gasteiger partial charge in [-0.05, 0) is 18.4 Å². The monoisotopic (exact) mass is 273 g/mol. The van der Waals surface area contributed by atoms with Crippen molar-refractivity contribution in [2.24, 2.45) is 0 Å². The summed E-state index contributed by atoms with van der Waals surface area (Å²) in [4.78, 5) is 0. The minimum Gasteiger partial charge on any atom is -0.212 e. The number of nitrogens with zero attached hydrogens (tertiary/aromatic N) is 1. The maximum atomic E-state index is 12.2. The van der Waals surface area contributed by atoms with Crippen molar-refractivity contribution in [3.05, 3.63) is 35.9 Å². The third kappa shape index (κ3) is 3.21. The van der Waals surface area contributed by atoms with Crippen LogP contribution in [0.2, 0.25) is 0 Å². The van der Waals surface area contributed by atoms with E-state index in [9.17, 15) is 8.42 Å². The normalized spacial score (nSPS) is 16.4. The Hall–Kier alpha value is -0.580. The Morgan fingerprint density at radius 1 is 1.24 bits per heavy atom. The van der Waals surface area contributed by atoms with Gasteiger partial charge in [0.25, 0.3) is 0 Å². The van der Waals surface area contributed by atoms with Crippen LogP contribution in [-0.4, -0.2) is 30.4 Å². The molecule has 1 aliphatic rings. The standard InChI is InChI=1S/C12H16ClNO2S/c13-8-9-14(17(15,16)12-6-7-12)10-11-4-2-1-3-5-11/h1-5,12H,6-10H2. The van der Waals surface area contributed by atoms with Gasteiger partial charge in [-0.2, -0.15) is 4.31 Å². The van der Waals surface area contributed by atoms with Crippen molar-refractivity contribution in [1.82, 2.24) is 4.31 Å². The fourth-order valence-electron chi connectivity index (χ4n) is 1.75. The second-order valence-electron chi connectivity index (χ2n) is 4.25. The summed E-state index contributed by atoms with van der Waals surface area (Å²) in [6, 6.07) is 9.62. The van der Waals surface area contributed by atoms with Crippen molar-refractivity contribution in [3.8, 4) is 0 Å². The van der Waals surface area contributed by atoms with E-state index in [4.69, 9.17) is 11.6 Å². The quantitative estimate of drug-likeness (QED) is 0.746. The molecule has 0 aromatic heterocycles. The topological polar surface area (TPSA) is 37.4 Å². The lowest BCUT2D eigenvalue weighted by atomic mass is 10.2. The van der Waals surface area contributed by atoms with Crippen molar-refractivity contribution in [2.75, 3.05) is 12.4 Å². The minimum atomic E-state index is -3.14. The smallest absolute Gasteiger partial charge is 0.212 e. The maximum absolute atomic E-state index is 12.2. The van der Waals surface area contributed by atoms with Crippen LogP contribution >= 0.6 is 11.6 Å². The van der Waals surface area contributed by atoms with Crippen molar-refractivity contribution >= 4 is 21.6 Å². The molecule has 3 nitrogen and oxygen atoms in total. The van der Waals surface area contributed by atoms with Gasteiger partial charge in [-0.25, -0.2) is 8.42 Å². The van der Waals surface area contributed by atoms with Crippen LogP contribution in [0.4, 0.5) is 0 Å². The zero-order valence-corrected chi connectivity index (χ0v) is 11.1. The number of alkyl halides is 1. The van der Waals surface area contributed by atoms with Gasteiger partial charge in [-0.3, -0.25) is 0 Å². The Kier molecular flexibility index (Phi) is 4.07. The Balaban J connectivity index is 2.12. The van der Waals surface area contributed by atoms with Crippen LogP contribution in [-0.2, 0) is 16.6 Å². The van der Waals surface area contributed by atoms with E-state index < -0.39 is 10.0 Å². The summed E-state index contributed by atoms with van der Waals surface area (Å²) in [5.41, 5.74) is 1.00. The molecular formula is C12H16ClNO2S. The molecule has 94 valence electrons. The Morgan fingerprint density at radius 3 is 2.41 bits per heavy atom. The Labute approximate surface area is 107 Å². The molecule has 0 atom stereocenters. The van der Waals surface area contributed by atoms with Crippen LogP contribution < -0.4 is 0 Å². The molecule has 0 unspecified atom stereocenters. The van der Waals surface area contributed by atoms with Crippen LogP contribution in [0, 0.1) is 0 Å². The van der Waals surface area contributed by atoms with E-state index in [1.54, 1.807) is 0 Å². The van der Waals surface area contributed by atoms with E-state index in [0.717, 1.165) is 18.4 Å². The summed E-state index contributed by atoms with van der Waals surface area (Å²) < 4.78 is 25.8. The lowest BCUT2D eigenvalue weighted by Crippen LogP contribution is -2.34. The van der Waals surface area contributed by atoms with Crippen LogP contribution in [0.5, 0.6) is 0 Å². The highest BCUT2D eigenvalue weighted by Crippen LogP contribution is 2.31. The first-order valence-corrected chi connectivity index (χ1v) is 7.77. The zero-order valence-electron chi connectivity index (χ0n) is 9.55. The summed E-state index contributed by atoms with van der Waals surface area (Å²) in [5, 5.41) is -0.172. The van der Waals surface area contributed by atoms with Gasteiger partial charge in [-0.15, -0.1) is 11.6 Å². The van der Waals surface area contributed by atoms with Gasteiger partial charge in [-0.1, -0.05) is 30.3 Å². The van der Waals surface area contributed by atoms with Crippen LogP contribution in [0.25, 0.3) is 0 Å². The third-order valence-corrected chi connectivity index (χ3v) is 5.36. The molecule has 5 heteroatoms. The third-order valence-electron chi connectivity index (χ3n) is 2.84. The molecule has 0 saturated heterocycles. The molecule has 0 spiro atoms. The summed E-state index contributed by atoms with van der Waals surface area (Å²) >= 11 is 5.69. The molecular weight excluding hydrogens is 258 g/mol. The second-order valence-corrected chi connectivity index (χ2v) is 6.84. The minimum absolute atomic E-state index is 0.172. The Bertz CT molecular complexity index is 457. The van der Waals surface area contributed by atoms with Crippen LogP contribution in [0.15, 0.2) is 30.3 Å². The highest BCUT2D eigenvalue weighted by molar-refractivity contribution is 7.90. The van der Waals surface area contributed by atoms with Gasteiger partial charge in [0.1, 0.15) is 0 Å². The number of rotatable bonds is 6. The first-order chi connectivity index (χ1) is 8.14. The fraction of sp³-hybridized carbons (Fsp3) is 0.500. The molecule has 1 aromatic rings. The molecule has 0 heterocycles. The molecule has 2 rings (SSSR count). The van der Waals surface area contributed by atoms with Gasteiger partial charge in [0.05, 0.1) is 5.25 Å². The van der Waals surface area contributed by atoms with E-state index in [-0.39, 0.29) is 5.25 Å². The largest absolute Gasteiger partial charge is 0.217 e. The first-order valence-electron chi connectivity index (χ1n) is 5.73. The van der Waals surface area contributed by atoms with E-state index in [1.165, 1.54) is 4.31 Å². The molecule has 1 saturated carbocycles. The van der Waals surface area contributed by atoms with Gasteiger partial charge < -0.3 is 0 Å². The summed E-state index contributed by atoms with van der Waals surface area (Å²) in [6.07, 6.45) is 1.58. The van der Waals surface area contributed by atoms with E-state index >= 15 is 0 Å². The number of sulfonamides is 1. The Morgan fingerprint density at radius 2 is 1.88 bits per heavy atom. The molecule has 1 aromatic carbocycles. The molecule has 1 aliphatic carbocycles. The SMILES string of the molecule is O=S(=O)(C1CC1)N(CCCl)Cc1ccccc1. The molecule has 0 aliphatic heterocycles. The number of hydrogen-bond donors (Lipinski definition) is 0. The van der Waals surface area contributed by atoms with E-state index in [0.29, 0.717) is 19.0 Å². The van der Waals surface area contributed by atoms with Crippen molar-refractivity contribution in [2.45, 2.75) is 24.6 Å². The molecule has 1 fully saturated rings. The van der Waals surface area contributed by atoms with Crippen molar-refractivity contribution in [1.29, 1.82) is 0 Å². The average molecular weight is 274 g/mol. The molecule has 0 amide bonds. The molecule has 0 radical (unpaired) electrons. The number of benzene rings is 1. The molecule has 0 bridgehead atoms. The highest BCUT2D eigenvalue weighted by Gasteiger charge is 2.39. The number of hydrogen-bond acceptors (Lipinski definition) is 2. The maximum Gasteiger partial charge on any atom is 0.217 e. The molecule has 17 heavy (non-hydrogen) atoms. The van der Waals surface area contributed by atoms with Gasteiger partial charge in [0.15, 0.2) is 0 Å². The molecule has 0 N–H and O–H groups in total. The van der Waals surface area contributed by atoms with E-state index in [2.05, 4.69) is 0 Å². The predicted molar refractivity (Wildman–Crippen MR) is 69.5 cm³/mol.